The quantitative estimate of drug-likeness (QED) is 0.209. The van der Waals surface area contributed by atoms with Crippen molar-refractivity contribution in [3.63, 3.8) is 0 Å². The van der Waals surface area contributed by atoms with E-state index < -0.39 is 17.1 Å². The van der Waals surface area contributed by atoms with E-state index in [1.807, 2.05) is 48.5 Å². The fourth-order valence-corrected chi connectivity index (χ4v) is 8.47. The van der Waals surface area contributed by atoms with E-state index in [2.05, 4.69) is 26.2 Å². The maximum absolute atomic E-state index is 13.9. The van der Waals surface area contributed by atoms with Gasteiger partial charge in [0.2, 0.25) is 11.8 Å². The summed E-state index contributed by atoms with van der Waals surface area (Å²) in [5.41, 5.74) is 1.91. The molecule has 0 radical (unpaired) electrons. The Bertz CT molecular complexity index is 1970. The Hall–Kier alpha value is -4.19. The molecule has 7 rings (SSSR count). The molecule has 0 bridgehead atoms. The number of anilines is 2. The van der Waals surface area contributed by atoms with Gasteiger partial charge in [-0.3, -0.25) is 19.2 Å². The van der Waals surface area contributed by atoms with Crippen molar-refractivity contribution in [2.24, 2.45) is 5.92 Å². The molecule has 2 N–H and O–H groups in total. The Labute approximate surface area is 262 Å². The summed E-state index contributed by atoms with van der Waals surface area (Å²) >= 11 is 5.67. The number of benzene rings is 4. The van der Waals surface area contributed by atoms with Crippen LogP contribution in [0.3, 0.4) is 0 Å². The number of rotatable bonds is 6. The monoisotopic (exact) mass is 671 g/mol. The number of thioether (sulfide) groups is 1. The summed E-state index contributed by atoms with van der Waals surface area (Å²) in [6, 6.07) is 27.7. The summed E-state index contributed by atoms with van der Waals surface area (Å²) < 4.78 is 6.72. The minimum absolute atomic E-state index is 0.225. The molecular weight excluding hydrogens is 650 g/mol. The number of carbonyl (C=O) groups is 3. The number of hydrogen-bond donors (Lipinski definition) is 2. The molecule has 214 valence electrons. The van der Waals surface area contributed by atoms with Gasteiger partial charge in [-0.15, -0.1) is 0 Å². The number of thiazole rings is 1. The van der Waals surface area contributed by atoms with Gasteiger partial charge in [-0.25, -0.2) is 4.90 Å². The molecule has 2 unspecified atom stereocenters. The molecule has 4 aromatic carbocycles. The fraction of sp³-hybridized carbons (Fsp3) is 0.125. The first kappa shape index (κ1) is 27.6. The number of halogens is 1. The molecule has 0 spiro atoms. The van der Waals surface area contributed by atoms with Gasteiger partial charge in [-0.1, -0.05) is 87.6 Å². The number of H-pyrrole nitrogens is 1. The summed E-state index contributed by atoms with van der Waals surface area (Å²) in [6.45, 7) is -0.225. The first-order valence-electron chi connectivity index (χ1n) is 13.4. The van der Waals surface area contributed by atoms with Gasteiger partial charge in [0.1, 0.15) is 11.0 Å². The lowest BCUT2D eigenvalue weighted by atomic mass is 9.83. The van der Waals surface area contributed by atoms with Gasteiger partial charge in [0, 0.05) is 26.3 Å². The zero-order valence-corrected chi connectivity index (χ0v) is 25.5. The van der Waals surface area contributed by atoms with Crippen molar-refractivity contribution >= 4 is 78.9 Å². The van der Waals surface area contributed by atoms with Gasteiger partial charge in [0.25, 0.3) is 5.91 Å². The first-order valence-corrected chi connectivity index (χ1v) is 15.9. The summed E-state index contributed by atoms with van der Waals surface area (Å²) in [7, 11) is 0. The average Bonchev–Trinajstić information content (AvgIpc) is 3.51. The van der Waals surface area contributed by atoms with Gasteiger partial charge >= 0.3 is 4.87 Å². The van der Waals surface area contributed by atoms with Crippen LogP contribution in [0.25, 0.3) is 10.8 Å². The topological polar surface area (TPSA) is 109 Å². The number of imide groups is 1. The predicted octanol–water partition coefficient (Wildman–Crippen LogP) is 6.17. The number of carbonyl (C=O) groups excluding carboxylic acids is 3. The first-order chi connectivity index (χ1) is 20.9. The van der Waals surface area contributed by atoms with E-state index in [9.17, 15) is 19.2 Å². The number of nitrogens with one attached hydrogen (secondary N) is 2. The molecule has 11 heteroatoms. The molecule has 5 aromatic rings. The molecule has 8 nitrogen and oxygen atoms in total. The predicted molar refractivity (Wildman–Crippen MR) is 171 cm³/mol. The molecule has 3 atom stereocenters. The van der Waals surface area contributed by atoms with E-state index in [1.54, 1.807) is 42.5 Å². The second-order valence-electron chi connectivity index (χ2n) is 10.2. The third-order valence-electron chi connectivity index (χ3n) is 7.56. The average molecular weight is 673 g/mol. The van der Waals surface area contributed by atoms with Crippen molar-refractivity contribution in [2.75, 3.05) is 16.8 Å². The van der Waals surface area contributed by atoms with Gasteiger partial charge in [-0.2, -0.15) is 0 Å². The number of nitrogens with zero attached hydrogens (tertiary/aromatic N) is 1. The molecular formula is C32H22BrN3O5S2. The largest absolute Gasteiger partial charge is 0.484 e. The minimum Gasteiger partial charge on any atom is -0.484 e. The molecule has 2 aliphatic heterocycles. The van der Waals surface area contributed by atoms with E-state index in [4.69, 9.17) is 4.74 Å². The second-order valence-corrected chi connectivity index (χ2v) is 13.3. The van der Waals surface area contributed by atoms with Gasteiger partial charge < -0.3 is 15.0 Å². The molecule has 0 aliphatic carbocycles. The van der Waals surface area contributed by atoms with Gasteiger partial charge in [0.15, 0.2) is 6.61 Å². The van der Waals surface area contributed by atoms with Crippen molar-refractivity contribution in [3.05, 3.63) is 116 Å². The SMILES string of the molecule is O=C(COc1cccc([C@H]2c3sc(=O)[nH]c3SC3C(=O)N(c4ccc(Br)cc4)C(=O)C32)c1)Nc1cccc2ccccc12. The van der Waals surface area contributed by atoms with E-state index >= 15 is 0 Å². The maximum atomic E-state index is 13.9. The van der Waals surface area contributed by atoms with Crippen molar-refractivity contribution in [1.82, 2.24) is 4.98 Å². The summed E-state index contributed by atoms with van der Waals surface area (Å²) in [6.07, 6.45) is 0. The van der Waals surface area contributed by atoms with Gasteiger partial charge in [0.05, 0.1) is 16.6 Å². The van der Waals surface area contributed by atoms with E-state index in [-0.39, 0.29) is 29.2 Å². The van der Waals surface area contributed by atoms with Crippen LogP contribution in [-0.2, 0) is 14.4 Å². The normalized spacial score (nSPS) is 19.3. The minimum atomic E-state index is -0.718. The van der Waals surface area contributed by atoms with Crippen LogP contribution < -0.4 is 19.8 Å². The summed E-state index contributed by atoms with van der Waals surface area (Å²) in [5.74, 6) is -1.78. The smallest absolute Gasteiger partial charge is 0.305 e. The lowest BCUT2D eigenvalue weighted by Gasteiger charge is -2.30. The molecule has 2 aliphatic rings. The number of fused-ring (bicyclic) bond motifs is 3. The molecule has 1 saturated heterocycles. The number of amides is 3. The van der Waals surface area contributed by atoms with Crippen molar-refractivity contribution in [3.8, 4) is 5.75 Å². The standard InChI is InChI=1S/C32H22BrN3O5S2/c33-19-11-13-20(14-12-19)36-30(38)26-25(27-29(35-32(40)43-27)42-28(26)31(36)39)18-7-3-8-21(15-18)41-16-24(37)34-23-10-4-6-17-5-1-2-9-22(17)23/h1-15,25-26,28H,16H2,(H,34,37)(H,35,40)/t25-,26?,28?/m1/s1. The zero-order valence-electron chi connectivity index (χ0n) is 22.3. The van der Waals surface area contributed by atoms with Crippen LogP contribution in [0.1, 0.15) is 16.4 Å². The maximum Gasteiger partial charge on any atom is 0.305 e. The molecule has 43 heavy (non-hydrogen) atoms. The Morgan fingerprint density at radius 1 is 0.930 bits per heavy atom. The fourth-order valence-electron chi connectivity index (χ4n) is 5.69. The highest BCUT2D eigenvalue weighted by molar-refractivity contribution is 9.10. The van der Waals surface area contributed by atoms with Gasteiger partial charge in [-0.05, 0) is 53.4 Å². The highest BCUT2D eigenvalue weighted by Crippen LogP contribution is 2.53. The molecule has 1 fully saturated rings. The highest BCUT2D eigenvalue weighted by Gasteiger charge is 2.56. The number of ether oxygens (including phenoxy) is 1. The van der Waals surface area contributed by atoms with Crippen LogP contribution >= 0.6 is 39.0 Å². The number of hydrogen-bond acceptors (Lipinski definition) is 7. The van der Waals surface area contributed by atoms with Crippen LogP contribution in [0.5, 0.6) is 5.75 Å². The Morgan fingerprint density at radius 2 is 1.70 bits per heavy atom. The van der Waals surface area contributed by atoms with E-state index in [0.29, 0.717) is 27.0 Å². The third-order valence-corrected chi connectivity index (χ3v) is 10.5. The third kappa shape index (κ3) is 5.07. The Kier molecular flexibility index (Phi) is 7.16. The molecule has 1 aromatic heterocycles. The number of aromatic amines is 1. The van der Waals surface area contributed by atoms with Crippen molar-refractivity contribution < 1.29 is 19.1 Å². The zero-order chi connectivity index (χ0) is 29.7. The van der Waals surface area contributed by atoms with Crippen LogP contribution in [0.2, 0.25) is 0 Å². The molecule has 3 amide bonds. The molecule has 0 saturated carbocycles. The summed E-state index contributed by atoms with van der Waals surface area (Å²) in [5, 5.41) is 4.76. The van der Waals surface area contributed by atoms with Crippen LogP contribution in [0.15, 0.2) is 105 Å². The number of aromatic nitrogens is 1. The van der Waals surface area contributed by atoms with Crippen LogP contribution in [-0.4, -0.2) is 34.6 Å². The second kappa shape index (κ2) is 11.1. The Morgan fingerprint density at radius 3 is 2.53 bits per heavy atom. The van der Waals surface area contributed by atoms with Crippen LogP contribution in [0, 0.1) is 5.92 Å². The molecule has 3 heterocycles. The van der Waals surface area contributed by atoms with Crippen LogP contribution in [0.4, 0.5) is 11.4 Å². The van der Waals surface area contributed by atoms with Crippen molar-refractivity contribution in [1.29, 1.82) is 0 Å². The van der Waals surface area contributed by atoms with Crippen molar-refractivity contribution in [2.45, 2.75) is 16.2 Å². The summed E-state index contributed by atoms with van der Waals surface area (Å²) in [4.78, 5) is 57.3. The Balaban J connectivity index is 1.16. The van der Waals surface area contributed by atoms with E-state index in [1.165, 1.54) is 16.7 Å². The lowest BCUT2D eigenvalue weighted by Crippen LogP contribution is -2.32. The lowest BCUT2D eigenvalue weighted by molar-refractivity contribution is -0.122. The highest BCUT2D eigenvalue weighted by atomic mass is 79.9. The van der Waals surface area contributed by atoms with E-state index in [0.717, 1.165) is 32.1 Å².